The van der Waals surface area contributed by atoms with Crippen LogP contribution in [0.15, 0.2) is 22.7 Å². The second-order valence-electron chi connectivity index (χ2n) is 5.67. The van der Waals surface area contributed by atoms with Crippen LogP contribution >= 0.6 is 15.9 Å². The van der Waals surface area contributed by atoms with E-state index in [0.29, 0.717) is 25.1 Å². The highest BCUT2D eigenvalue weighted by Crippen LogP contribution is 2.25. The summed E-state index contributed by atoms with van der Waals surface area (Å²) in [4.78, 5) is 0. The highest BCUT2D eigenvalue weighted by atomic mass is 79.9. The third-order valence-electron chi connectivity index (χ3n) is 3.95. The highest BCUT2D eigenvalue weighted by molar-refractivity contribution is 9.10. The lowest BCUT2D eigenvalue weighted by Crippen LogP contribution is -2.40. The normalized spacial score (nSPS) is 14.2. The van der Waals surface area contributed by atoms with Crippen molar-refractivity contribution in [2.75, 3.05) is 13.2 Å². The van der Waals surface area contributed by atoms with Gasteiger partial charge in [0.05, 0.1) is 4.47 Å². The molecule has 2 atom stereocenters. The number of benzene rings is 1. The molecule has 0 aliphatic carbocycles. The number of rotatable bonds is 9. The van der Waals surface area contributed by atoms with Crippen LogP contribution in [0.25, 0.3) is 0 Å². The summed E-state index contributed by atoms with van der Waals surface area (Å²) in [5.41, 5.74) is 1.18. The molecule has 3 nitrogen and oxygen atoms in total. The predicted octanol–water partition coefficient (Wildman–Crippen LogP) is 3.91. The van der Waals surface area contributed by atoms with Crippen LogP contribution in [0.3, 0.4) is 0 Å². The van der Waals surface area contributed by atoms with Crippen LogP contribution in [0.1, 0.15) is 39.2 Å². The van der Waals surface area contributed by atoms with Crippen LogP contribution in [0, 0.1) is 12.8 Å². The van der Waals surface area contributed by atoms with Crippen molar-refractivity contribution < 1.29 is 9.84 Å². The van der Waals surface area contributed by atoms with Crippen molar-refractivity contribution in [2.45, 2.75) is 52.7 Å². The van der Waals surface area contributed by atoms with Gasteiger partial charge in [-0.15, -0.1) is 0 Å². The van der Waals surface area contributed by atoms with Crippen molar-refractivity contribution in [3.05, 3.63) is 28.2 Å². The smallest absolute Gasteiger partial charge is 0.133 e. The van der Waals surface area contributed by atoms with Crippen molar-refractivity contribution >= 4 is 15.9 Å². The molecule has 0 aromatic heterocycles. The second-order valence-corrected chi connectivity index (χ2v) is 6.53. The van der Waals surface area contributed by atoms with Gasteiger partial charge < -0.3 is 15.2 Å². The van der Waals surface area contributed by atoms with E-state index in [-0.39, 0.29) is 0 Å². The lowest BCUT2D eigenvalue weighted by molar-refractivity contribution is 0.101. The van der Waals surface area contributed by atoms with Crippen molar-refractivity contribution in [1.82, 2.24) is 5.32 Å². The SMILES string of the molecule is CCC(CC)C(C)NCC(O)COc1ccc(C)cc1Br. The molecule has 21 heavy (non-hydrogen) atoms. The third-order valence-corrected chi connectivity index (χ3v) is 4.57. The lowest BCUT2D eigenvalue weighted by Gasteiger charge is -2.24. The van der Waals surface area contributed by atoms with Crippen LogP contribution in [0.2, 0.25) is 0 Å². The maximum Gasteiger partial charge on any atom is 0.133 e. The van der Waals surface area contributed by atoms with Gasteiger partial charge in [-0.05, 0) is 53.4 Å². The molecular formula is C17H28BrNO2. The molecule has 0 saturated heterocycles. The first-order chi connectivity index (χ1) is 9.97. The Labute approximate surface area is 137 Å². The molecule has 4 heteroatoms. The molecule has 1 rings (SSSR count). The van der Waals surface area contributed by atoms with Crippen LogP contribution < -0.4 is 10.1 Å². The van der Waals surface area contributed by atoms with E-state index in [1.54, 1.807) is 0 Å². The molecule has 2 unspecified atom stereocenters. The first-order valence-corrected chi connectivity index (χ1v) is 8.57. The fourth-order valence-electron chi connectivity index (χ4n) is 2.45. The zero-order valence-electron chi connectivity index (χ0n) is 13.5. The van der Waals surface area contributed by atoms with Gasteiger partial charge in [-0.2, -0.15) is 0 Å². The number of aliphatic hydroxyl groups is 1. The number of ether oxygens (including phenoxy) is 1. The summed E-state index contributed by atoms with van der Waals surface area (Å²) in [6, 6.07) is 6.35. The van der Waals surface area contributed by atoms with E-state index in [0.717, 1.165) is 23.1 Å². The maximum atomic E-state index is 10.0. The Morgan fingerprint density at radius 3 is 2.52 bits per heavy atom. The fourth-order valence-corrected chi connectivity index (χ4v) is 3.06. The Balaban J connectivity index is 2.35. The number of hydrogen-bond acceptors (Lipinski definition) is 3. The zero-order chi connectivity index (χ0) is 15.8. The lowest BCUT2D eigenvalue weighted by atomic mass is 9.95. The number of halogens is 1. The molecule has 0 fully saturated rings. The molecule has 0 spiro atoms. The molecule has 0 saturated carbocycles. The quantitative estimate of drug-likeness (QED) is 0.703. The van der Waals surface area contributed by atoms with Gasteiger partial charge in [0.1, 0.15) is 18.5 Å². The summed E-state index contributed by atoms with van der Waals surface area (Å²) >= 11 is 3.47. The summed E-state index contributed by atoms with van der Waals surface area (Å²) in [5.74, 6) is 1.43. The van der Waals surface area contributed by atoms with E-state index in [1.807, 2.05) is 25.1 Å². The average molecular weight is 358 g/mol. The Morgan fingerprint density at radius 1 is 1.29 bits per heavy atom. The molecule has 0 heterocycles. The number of nitrogens with one attached hydrogen (secondary N) is 1. The molecular weight excluding hydrogens is 330 g/mol. The summed E-state index contributed by atoms with van der Waals surface area (Å²) < 4.78 is 6.59. The second kappa shape index (κ2) is 9.44. The molecule has 0 aliphatic rings. The number of aryl methyl sites for hydroxylation is 1. The van der Waals surface area contributed by atoms with Crippen LogP contribution in [0.5, 0.6) is 5.75 Å². The van der Waals surface area contributed by atoms with Gasteiger partial charge in [0, 0.05) is 12.6 Å². The van der Waals surface area contributed by atoms with Gasteiger partial charge in [0.2, 0.25) is 0 Å². The molecule has 1 aromatic rings. The Morgan fingerprint density at radius 2 is 1.95 bits per heavy atom. The Hall–Kier alpha value is -0.580. The van der Waals surface area contributed by atoms with Gasteiger partial charge in [-0.25, -0.2) is 0 Å². The topological polar surface area (TPSA) is 41.5 Å². The van der Waals surface area contributed by atoms with Gasteiger partial charge in [0.25, 0.3) is 0 Å². The fraction of sp³-hybridized carbons (Fsp3) is 0.647. The summed E-state index contributed by atoms with van der Waals surface area (Å²) in [5, 5.41) is 13.4. The Kier molecular flexibility index (Phi) is 8.30. The monoisotopic (exact) mass is 357 g/mol. The number of aliphatic hydroxyl groups excluding tert-OH is 1. The third kappa shape index (κ3) is 6.37. The van der Waals surface area contributed by atoms with Gasteiger partial charge in [0.15, 0.2) is 0 Å². The number of hydrogen-bond donors (Lipinski definition) is 2. The van der Waals surface area contributed by atoms with Crippen LogP contribution in [-0.2, 0) is 0 Å². The molecule has 0 radical (unpaired) electrons. The summed E-state index contributed by atoms with van der Waals surface area (Å²) in [6.45, 7) is 9.49. The first-order valence-electron chi connectivity index (χ1n) is 7.78. The minimum Gasteiger partial charge on any atom is -0.490 e. The maximum absolute atomic E-state index is 10.0. The van der Waals surface area contributed by atoms with Crippen LogP contribution in [-0.4, -0.2) is 30.4 Å². The van der Waals surface area contributed by atoms with E-state index >= 15 is 0 Å². The summed E-state index contributed by atoms with van der Waals surface area (Å²) in [7, 11) is 0. The van der Waals surface area contributed by atoms with Crippen molar-refractivity contribution in [1.29, 1.82) is 0 Å². The molecule has 0 aliphatic heterocycles. The zero-order valence-corrected chi connectivity index (χ0v) is 15.1. The molecule has 0 bridgehead atoms. The van der Waals surface area contributed by atoms with Crippen molar-refractivity contribution in [3.8, 4) is 5.75 Å². The summed E-state index contributed by atoms with van der Waals surface area (Å²) in [6.07, 6.45) is 1.82. The molecule has 2 N–H and O–H groups in total. The van der Waals surface area contributed by atoms with Crippen molar-refractivity contribution in [3.63, 3.8) is 0 Å². The van der Waals surface area contributed by atoms with E-state index in [2.05, 4.69) is 42.0 Å². The van der Waals surface area contributed by atoms with Gasteiger partial charge in [-0.1, -0.05) is 32.8 Å². The van der Waals surface area contributed by atoms with Gasteiger partial charge >= 0.3 is 0 Å². The molecule has 1 aromatic carbocycles. The molecule has 120 valence electrons. The van der Waals surface area contributed by atoms with E-state index in [1.165, 1.54) is 5.56 Å². The minimum absolute atomic E-state index is 0.296. The first kappa shape index (κ1) is 18.5. The average Bonchev–Trinajstić information content (AvgIpc) is 2.45. The molecule has 0 amide bonds. The van der Waals surface area contributed by atoms with Crippen LogP contribution in [0.4, 0.5) is 0 Å². The standard InChI is InChI=1S/C17H28BrNO2/c1-5-14(6-2)13(4)19-10-15(20)11-21-17-8-7-12(3)9-16(17)18/h7-9,13-15,19-20H,5-6,10-11H2,1-4H3. The Bertz CT molecular complexity index is 421. The van der Waals surface area contributed by atoms with E-state index < -0.39 is 6.10 Å². The highest BCUT2D eigenvalue weighted by Gasteiger charge is 2.15. The van der Waals surface area contributed by atoms with E-state index in [4.69, 9.17) is 4.74 Å². The minimum atomic E-state index is -0.505. The van der Waals surface area contributed by atoms with Gasteiger partial charge in [-0.3, -0.25) is 0 Å². The predicted molar refractivity (Wildman–Crippen MR) is 91.9 cm³/mol. The van der Waals surface area contributed by atoms with E-state index in [9.17, 15) is 5.11 Å². The largest absolute Gasteiger partial charge is 0.490 e. The van der Waals surface area contributed by atoms with Crippen molar-refractivity contribution in [2.24, 2.45) is 5.92 Å².